The van der Waals surface area contributed by atoms with Crippen LogP contribution in [0, 0.1) is 5.82 Å². The summed E-state index contributed by atoms with van der Waals surface area (Å²) < 4.78 is 43.2. The molecule has 0 saturated carbocycles. The van der Waals surface area contributed by atoms with E-state index in [1.807, 2.05) is 30.3 Å². The van der Waals surface area contributed by atoms with E-state index in [0.29, 0.717) is 5.69 Å². The molecule has 0 aliphatic heterocycles. The lowest BCUT2D eigenvalue weighted by Gasteiger charge is -2.26. The maximum atomic E-state index is 13.4. The number of carbonyl (C=O) groups excluding carboxylic acids is 1. The van der Waals surface area contributed by atoms with Gasteiger partial charge in [0.25, 0.3) is 0 Å². The van der Waals surface area contributed by atoms with Crippen molar-refractivity contribution < 1.29 is 17.6 Å². The molecule has 7 nitrogen and oxygen atoms in total. The molecule has 0 spiro atoms. The molecule has 0 atom stereocenters. The fourth-order valence-electron chi connectivity index (χ4n) is 3.91. The maximum Gasteiger partial charge on any atom is 0.304 e. The Labute approximate surface area is 192 Å². The van der Waals surface area contributed by atoms with Gasteiger partial charge in [-0.25, -0.2) is 8.70 Å². The molecule has 9 heteroatoms. The van der Waals surface area contributed by atoms with E-state index < -0.39 is 28.5 Å². The number of fused-ring (bicyclic) bond motifs is 3. The average Bonchev–Trinajstić information content (AvgIpc) is 3.11. The summed E-state index contributed by atoms with van der Waals surface area (Å²) in [5, 5.41) is 4.88. The van der Waals surface area contributed by atoms with E-state index >= 15 is 0 Å². The number of nitrogens with zero attached hydrogens (tertiary/aromatic N) is 3. The zero-order chi connectivity index (χ0) is 23.8. The van der Waals surface area contributed by atoms with E-state index in [2.05, 4.69) is 22.9 Å². The van der Waals surface area contributed by atoms with Crippen molar-refractivity contribution in [3.8, 4) is 0 Å². The van der Waals surface area contributed by atoms with E-state index in [1.54, 1.807) is 6.07 Å². The molecule has 0 fully saturated rings. The predicted molar refractivity (Wildman–Crippen MR) is 130 cm³/mol. The van der Waals surface area contributed by atoms with Crippen molar-refractivity contribution in [1.29, 1.82) is 0 Å². The molecule has 0 unspecified atom stereocenters. The summed E-state index contributed by atoms with van der Waals surface area (Å²) in [5.74, 6) is -1.01. The summed E-state index contributed by atoms with van der Waals surface area (Å²) in [7, 11) is -1.22. The van der Waals surface area contributed by atoms with Gasteiger partial charge in [-0.2, -0.15) is 12.7 Å². The predicted octanol–water partition coefficient (Wildman–Crippen LogP) is 4.21. The Hall–Kier alpha value is -3.43. The highest BCUT2D eigenvalue weighted by Gasteiger charge is 2.27. The Bertz CT molecular complexity index is 1430. The molecule has 0 aliphatic rings. The van der Waals surface area contributed by atoms with Gasteiger partial charge in [-0.1, -0.05) is 18.2 Å². The second-order valence-corrected chi connectivity index (χ2v) is 9.88. The Morgan fingerprint density at radius 1 is 0.970 bits per heavy atom. The number of amides is 1. The van der Waals surface area contributed by atoms with Crippen LogP contribution in [0.15, 0.2) is 66.7 Å². The van der Waals surface area contributed by atoms with E-state index in [1.165, 1.54) is 26.2 Å². The third-order valence-electron chi connectivity index (χ3n) is 5.51. The molecule has 0 aliphatic carbocycles. The number of rotatable bonds is 7. The quantitative estimate of drug-likeness (QED) is 0.442. The van der Waals surface area contributed by atoms with Crippen molar-refractivity contribution in [2.75, 3.05) is 30.3 Å². The van der Waals surface area contributed by atoms with Gasteiger partial charge >= 0.3 is 10.2 Å². The molecule has 33 heavy (non-hydrogen) atoms. The van der Waals surface area contributed by atoms with Crippen LogP contribution in [0.3, 0.4) is 0 Å². The minimum Gasteiger partial charge on any atom is -0.341 e. The molecule has 1 N–H and O–H groups in total. The Morgan fingerprint density at radius 2 is 1.64 bits per heavy atom. The largest absolute Gasteiger partial charge is 0.341 e. The van der Waals surface area contributed by atoms with Crippen LogP contribution >= 0.6 is 0 Å². The van der Waals surface area contributed by atoms with Crippen LogP contribution in [0.4, 0.5) is 15.8 Å². The van der Waals surface area contributed by atoms with Gasteiger partial charge in [0.2, 0.25) is 5.91 Å². The molecule has 3 aromatic carbocycles. The molecule has 0 bridgehead atoms. The van der Waals surface area contributed by atoms with Crippen LogP contribution in [-0.4, -0.2) is 43.8 Å². The third-order valence-corrected chi connectivity index (χ3v) is 7.33. The normalized spacial score (nSPS) is 11.9. The molecule has 0 radical (unpaired) electrons. The number of hydrogen-bond acceptors (Lipinski definition) is 3. The zero-order valence-corrected chi connectivity index (χ0v) is 19.4. The van der Waals surface area contributed by atoms with Gasteiger partial charge < -0.3 is 9.88 Å². The first-order chi connectivity index (χ1) is 15.7. The fraction of sp³-hybridized carbons (Fsp3) is 0.208. The number of nitrogens with one attached hydrogen (secondary N) is 1. The van der Waals surface area contributed by atoms with E-state index in [4.69, 9.17) is 0 Å². The molecule has 1 heterocycles. The van der Waals surface area contributed by atoms with Gasteiger partial charge in [-0.05, 0) is 55.5 Å². The fourth-order valence-corrected chi connectivity index (χ4v) is 4.98. The summed E-state index contributed by atoms with van der Waals surface area (Å²) in [4.78, 5) is 12.9. The lowest BCUT2D eigenvalue weighted by Crippen LogP contribution is -2.44. The van der Waals surface area contributed by atoms with Gasteiger partial charge in [0.05, 0.1) is 5.69 Å². The van der Waals surface area contributed by atoms with E-state index in [0.717, 1.165) is 49.1 Å². The molecule has 1 aromatic heterocycles. The van der Waals surface area contributed by atoms with Gasteiger partial charge in [-0.15, -0.1) is 0 Å². The number of hydrogen-bond donors (Lipinski definition) is 1. The van der Waals surface area contributed by atoms with Crippen molar-refractivity contribution in [3.05, 3.63) is 72.5 Å². The molecular weight excluding hydrogens is 443 g/mol. The summed E-state index contributed by atoms with van der Waals surface area (Å²) in [6.45, 7) is 2.43. The van der Waals surface area contributed by atoms with Crippen LogP contribution in [-0.2, 0) is 21.5 Å². The van der Waals surface area contributed by atoms with Gasteiger partial charge in [0, 0.05) is 48.1 Å². The van der Waals surface area contributed by atoms with Gasteiger partial charge in [0.15, 0.2) is 0 Å². The van der Waals surface area contributed by atoms with Crippen LogP contribution in [0.25, 0.3) is 21.8 Å². The maximum absolute atomic E-state index is 13.4. The molecule has 1 amide bonds. The highest BCUT2D eigenvalue weighted by Crippen LogP contribution is 2.31. The van der Waals surface area contributed by atoms with Crippen molar-refractivity contribution in [3.63, 3.8) is 0 Å². The van der Waals surface area contributed by atoms with Crippen molar-refractivity contribution in [1.82, 2.24) is 8.87 Å². The molecule has 172 valence electrons. The average molecular weight is 469 g/mol. The molecule has 4 rings (SSSR count). The zero-order valence-electron chi connectivity index (χ0n) is 18.6. The van der Waals surface area contributed by atoms with Crippen LogP contribution in [0.2, 0.25) is 0 Å². The second kappa shape index (κ2) is 8.84. The summed E-state index contributed by atoms with van der Waals surface area (Å²) in [6, 6.07) is 18.7. The Kier molecular flexibility index (Phi) is 6.09. The first-order valence-corrected chi connectivity index (χ1v) is 11.9. The molecule has 0 saturated heterocycles. The topological polar surface area (TPSA) is 74.6 Å². The number of halogens is 1. The van der Waals surface area contributed by atoms with E-state index in [9.17, 15) is 17.6 Å². The molecule has 4 aromatic rings. The van der Waals surface area contributed by atoms with Crippen LogP contribution in [0.1, 0.15) is 6.92 Å². The number of aromatic nitrogens is 1. The Balaban J connectivity index is 1.65. The third kappa shape index (κ3) is 4.29. The summed E-state index contributed by atoms with van der Waals surface area (Å²) in [5.41, 5.74) is 2.92. The highest BCUT2D eigenvalue weighted by molar-refractivity contribution is 7.90. The lowest BCUT2D eigenvalue weighted by atomic mass is 10.1. The minimum atomic E-state index is -3.98. The van der Waals surface area contributed by atoms with Gasteiger partial charge in [0.1, 0.15) is 12.4 Å². The van der Waals surface area contributed by atoms with Crippen LogP contribution in [0.5, 0.6) is 0 Å². The smallest absolute Gasteiger partial charge is 0.304 e. The number of para-hydroxylation sites is 1. The van der Waals surface area contributed by atoms with Gasteiger partial charge in [-0.3, -0.25) is 4.79 Å². The standard InChI is InChI=1S/C24H25FN4O3S/c1-4-28-22-8-6-5-7-20(22)21-15-18(11-14-23(21)28)26-24(30)16-29(33(31,32)27(2)3)19-12-9-17(25)10-13-19/h5-15H,4,16H2,1-3H3,(H,26,30). The number of aryl methyl sites for hydroxylation is 1. The number of benzene rings is 3. The first kappa shape index (κ1) is 22.8. The van der Waals surface area contributed by atoms with Crippen LogP contribution < -0.4 is 9.62 Å². The summed E-state index contributed by atoms with van der Waals surface area (Å²) >= 11 is 0. The first-order valence-electron chi connectivity index (χ1n) is 10.5. The van der Waals surface area contributed by atoms with Crippen molar-refractivity contribution >= 4 is 49.3 Å². The van der Waals surface area contributed by atoms with Crippen molar-refractivity contribution in [2.24, 2.45) is 0 Å². The minimum absolute atomic E-state index is 0.196. The second-order valence-electron chi connectivity index (χ2n) is 7.81. The van der Waals surface area contributed by atoms with E-state index in [-0.39, 0.29) is 5.69 Å². The number of anilines is 2. The lowest BCUT2D eigenvalue weighted by molar-refractivity contribution is -0.114. The Morgan fingerprint density at radius 3 is 2.30 bits per heavy atom. The highest BCUT2D eigenvalue weighted by atomic mass is 32.2. The monoisotopic (exact) mass is 468 g/mol. The van der Waals surface area contributed by atoms with Crippen molar-refractivity contribution in [2.45, 2.75) is 13.5 Å². The SMILES string of the molecule is CCn1c2ccccc2c2cc(NC(=O)CN(c3ccc(F)cc3)S(=O)(=O)N(C)C)ccc21. The number of carbonyl (C=O) groups is 1. The summed E-state index contributed by atoms with van der Waals surface area (Å²) in [6.07, 6.45) is 0. The molecular formula is C24H25FN4O3S.